The van der Waals surface area contributed by atoms with Crippen LogP contribution in [0.3, 0.4) is 0 Å². The lowest BCUT2D eigenvalue weighted by molar-refractivity contribution is 0.0890. The number of hydrogen-bond acceptors (Lipinski definition) is 6. The van der Waals surface area contributed by atoms with Crippen LogP contribution in [0.1, 0.15) is 54.7 Å². The molecule has 6 nitrogen and oxygen atoms in total. The van der Waals surface area contributed by atoms with E-state index in [-0.39, 0.29) is 12.2 Å². The van der Waals surface area contributed by atoms with Gasteiger partial charge >= 0.3 is 0 Å². The summed E-state index contributed by atoms with van der Waals surface area (Å²) in [7, 11) is 1.68. The van der Waals surface area contributed by atoms with Crippen LogP contribution in [0, 0.1) is 0 Å². The number of nitrogens with zero attached hydrogens (tertiary/aromatic N) is 3. The van der Waals surface area contributed by atoms with Gasteiger partial charge in [0.25, 0.3) is 0 Å². The van der Waals surface area contributed by atoms with Gasteiger partial charge in [-0.15, -0.1) is 0 Å². The Morgan fingerprint density at radius 1 is 0.879 bits per heavy atom. The maximum Gasteiger partial charge on any atom is 0.233 e. The van der Waals surface area contributed by atoms with Crippen molar-refractivity contribution in [2.75, 3.05) is 31.8 Å². The van der Waals surface area contributed by atoms with E-state index in [2.05, 4.69) is 41.3 Å². The minimum atomic E-state index is -0.0494. The lowest BCUT2D eigenvalue weighted by atomic mass is 10.0. The van der Waals surface area contributed by atoms with Crippen LogP contribution in [0.4, 0.5) is 11.6 Å². The van der Waals surface area contributed by atoms with E-state index in [1.807, 2.05) is 24.3 Å². The predicted molar refractivity (Wildman–Crippen MR) is 128 cm³/mol. The van der Waals surface area contributed by atoms with Crippen molar-refractivity contribution in [3.8, 4) is 5.88 Å². The number of para-hydroxylation sites is 1. The summed E-state index contributed by atoms with van der Waals surface area (Å²) in [4.78, 5) is 12.2. The Labute approximate surface area is 195 Å². The van der Waals surface area contributed by atoms with Crippen molar-refractivity contribution >= 4 is 11.6 Å². The smallest absolute Gasteiger partial charge is 0.233 e. The Hall–Kier alpha value is -2.96. The molecule has 2 aromatic carbocycles. The van der Waals surface area contributed by atoms with Crippen LogP contribution in [0.5, 0.6) is 5.88 Å². The number of aromatic nitrogens is 2. The zero-order chi connectivity index (χ0) is 22.5. The van der Waals surface area contributed by atoms with Gasteiger partial charge < -0.3 is 19.1 Å². The van der Waals surface area contributed by atoms with Crippen molar-refractivity contribution in [3.05, 3.63) is 77.5 Å². The lowest BCUT2D eigenvalue weighted by Gasteiger charge is -2.27. The van der Waals surface area contributed by atoms with Crippen molar-refractivity contribution in [2.24, 2.45) is 0 Å². The maximum absolute atomic E-state index is 6.09. The highest BCUT2D eigenvalue weighted by Gasteiger charge is 2.33. The minimum Gasteiger partial charge on any atom is -0.481 e. The molecule has 1 aromatic heterocycles. The summed E-state index contributed by atoms with van der Waals surface area (Å²) in [6, 6.07) is 20.8. The molecule has 0 bridgehead atoms. The third kappa shape index (κ3) is 4.87. The summed E-state index contributed by atoms with van der Waals surface area (Å²) < 4.78 is 18.0. The molecule has 2 saturated heterocycles. The van der Waals surface area contributed by atoms with Gasteiger partial charge in [-0.05, 0) is 49.8 Å². The van der Waals surface area contributed by atoms with Gasteiger partial charge in [-0.3, -0.25) is 0 Å². The first kappa shape index (κ1) is 21.9. The third-order valence-electron chi connectivity index (χ3n) is 6.38. The van der Waals surface area contributed by atoms with Crippen LogP contribution in [-0.2, 0) is 15.9 Å². The summed E-state index contributed by atoms with van der Waals surface area (Å²) in [5.74, 6) is 1.24. The second kappa shape index (κ2) is 10.3. The number of methoxy groups -OCH3 is 1. The number of benzene rings is 2. The molecule has 2 atom stereocenters. The van der Waals surface area contributed by atoms with Crippen molar-refractivity contribution < 1.29 is 14.2 Å². The topological polar surface area (TPSA) is 56.7 Å². The van der Waals surface area contributed by atoms with Crippen LogP contribution in [-0.4, -0.2) is 36.8 Å². The highest BCUT2D eigenvalue weighted by atomic mass is 16.5. The summed E-state index contributed by atoms with van der Waals surface area (Å²) in [5.41, 5.74) is 4.21. The summed E-state index contributed by atoms with van der Waals surface area (Å²) in [5, 5.41) is 0. The molecule has 0 spiro atoms. The number of anilines is 2. The van der Waals surface area contributed by atoms with Crippen LogP contribution < -0.4 is 9.64 Å². The van der Waals surface area contributed by atoms with Gasteiger partial charge in [0.05, 0.1) is 24.5 Å². The largest absolute Gasteiger partial charge is 0.481 e. The van der Waals surface area contributed by atoms with E-state index in [4.69, 9.17) is 24.2 Å². The maximum atomic E-state index is 6.09. The van der Waals surface area contributed by atoms with Gasteiger partial charge in [-0.2, -0.15) is 4.98 Å². The van der Waals surface area contributed by atoms with E-state index < -0.39 is 0 Å². The molecule has 5 rings (SSSR count). The number of rotatable bonds is 8. The monoisotopic (exact) mass is 445 g/mol. The first-order valence-corrected chi connectivity index (χ1v) is 11.9. The fourth-order valence-corrected chi connectivity index (χ4v) is 4.71. The summed E-state index contributed by atoms with van der Waals surface area (Å²) >= 11 is 0. The summed E-state index contributed by atoms with van der Waals surface area (Å²) in [6.45, 7) is 2.27. The first-order valence-electron chi connectivity index (χ1n) is 11.9. The van der Waals surface area contributed by atoms with Gasteiger partial charge in [0.1, 0.15) is 6.10 Å². The molecular weight excluding hydrogens is 414 g/mol. The normalized spacial score (nSPS) is 20.2. The zero-order valence-corrected chi connectivity index (χ0v) is 19.2. The Bertz CT molecular complexity index is 1030. The fourth-order valence-electron chi connectivity index (χ4n) is 4.71. The average Bonchev–Trinajstić information content (AvgIpc) is 3.60. The molecule has 2 unspecified atom stereocenters. The molecule has 3 aromatic rings. The Morgan fingerprint density at radius 3 is 2.18 bits per heavy atom. The average molecular weight is 446 g/mol. The molecule has 0 saturated carbocycles. The molecule has 2 fully saturated rings. The highest BCUT2D eigenvalue weighted by Crippen LogP contribution is 2.42. The molecule has 6 heteroatoms. The quantitative estimate of drug-likeness (QED) is 0.452. The number of hydrogen-bond donors (Lipinski definition) is 0. The van der Waals surface area contributed by atoms with E-state index in [1.54, 1.807) is 7.11 Å². The van der Waals surface area contributed by atoms with Crippen molar-refractivity contribution in [1.29, 1.82) is 0 Å². The molecule has 0 aliphatic carbocycles. The van der Waals surface area contributed by atoms with Crippen molar-refractivity contribution in [1.82, 2.24) is 9.97 Å². The van der Waals surface area contributed by atoms with E-state index in [9.17, 15) is 0 Å². The van der Waals surface area contributed by atoms with Crippen molar-refractivity contribution in [2.45, 2.75) is 44.3 Å². The van der Waals surface area contributed by atoms with Gasteiger partial charge in [0.2, 0.25) is 11.8 Å². The summed E-state index contributed by atoms with van der Waals surface area (Å²) in [6.07, 6.45) is 4.77. The van der Waals surface area contributed by atoms with E-state index in [0.717, 1.165) is 68.8 Å². The molecule has 2 aliphatic rings. The Morgan fingerprint density at radius 2 is 1.55 bits per heavy atom. The first-order chi connectivity index (χ1) is 16.3. The van der Waals surface area contributed by atoms with E-state index in [0.29, 0.717) is 11.8 Å². The lowest BCUT2D eigenvalue weighted by Crippen LogP contribution is -2.24. The predicted octanol–water partition coefficient (Wildman–Crippen LogP) is 5.57. The van der Waals surface area contributed by atoms with Gasteiger partial charge in [0.15, 0.2) is 0 Å². The highest BCUT2D eigenvalue weighted by molar-refractivity contribution is 5.58. The second-order valence-corrected chi connectivity index (χ2v) is 8.56. The van der Waals surface area contributed by atoms with Crippen LogP contribution in [0.15, 0.2) is 60.7 Å². The molecule has 172 valence electrons. The van der Waals surface area contributed by atoms with Crippen LogP contribution in [0.25, 0.3) is 0 Å². The molecule has 0 amide bonds. The standard InChI is InChI=1S/C27H31N3O3/c1-31-26-24(22-14-8-18-32-22)25(23-15-9-19-33-23)28-27(29-26)30(21-12-6-3-7-13-21)17-16-20-10-4-2-5-11-20/h2-7,10-13,22-23H,8-9,14-19H2,1H3. The van der Waals surface area contributed by atoms with Crippen LogP contribution >= 0.6 is 0 Å². The van der Waals surface area contributed by atoms with Crippen molar-refractivity contribution in [3.63, 3.8) is 0 Å². The molecule has 33 heavy (non-hydrogen) atoms. The zero-order valence-electron chi connectivity index (χ0n) is 19.2. The second-order valence-electron chi connectivity index (χ2n) is 8.56. The van der Waals surface area contributed by atoms with E-state index in [1.165, 1.54) is 5.56 Å². The molecule has 3 heterocycles. The SMILES string of the molecule is COc1nc(N(CCc2ccccc2)c2ccccc2)nc(C2CCCO2)c1C1CCCO1. The van der Waals surface area contributed by atoms with Gasteiger partial charge in [-0.25, -0.2) is 4.98 Å². The number of ether oxygens (including phenoxy) is 3. The van der Waals surface area contributed by atoms with E-state index >= 15 is 0 Å². The van der Waals surface area contributed by atoms with Gasteiger partial charge in [-0.1, -0.05) is 48.5 Å². The van der Waals surface area contributed by atoms with Gasteiger partial charge in [0, 0.05) is 25.4 Å². The fraction of sp³-hybridized carbons (Fsp3) is 0.407. The molecular formula is C27H31N3O3. The molecule has 0 radical (unpaired) electrons. The third-order valence-corrected chi connectivity index (χ3v) is 6.38. The van der Waals surface area contributed by atoms with Crippen LogP contribution in [0.2, 0.25) is 0 Å². The Kier molecular flexibility index (Phi) is 6.84. The Balaban J connectivity index is 1.57. The molecule has 0 N–H and O–H groups in total. The minimum absolute atomic E-state index is 0.0392. The molecule has 2 aliphatic heterocycles.